The van der Waals surface area contributed by atoms with Crippen molar-refractivity contribution in [2.45, 2.75) is 39.5 Å². The van der Waals surface area contributed by atoms with Crippen LogP contribution in [-0.4, -0.2) is 19.0 Å². The second-order valence-corrected chi connectivity index (χ2v) is 3.54. The molecule has 0 aliphatic carbocycles. The molecule has 3 heteroatoms. The molecule has 0 aromatic heterocycles. The second kappa shape index (κ2) is 8.05. The highest BCUT2D eigenvalue weighted by molar-refractivity contribution is 5.75. The van der Waals surface area contributed by atoms with E-state index in [4.69, 9.17) is 5.73 Å². The number of rotatable bonds is 8. The molecule has 0 rings (SSSR count). The molecule has 0 aromatic rings. The van der Waals surface area contributed by atoms with Crippen molar-refractivity contribution in [3.05, 3.63) is 0 Å². The van der Waals surface area contributed by atoms with E-state index in [1.165, 1.54) is 25.7 Å². The summed E-state index contributed by atoms with van der Waals surface area (Å²) in [4.78, 5) is 10.5. The number of carbonyl (C=O) groups excluding carboxylic acids is 1. The van der Waals surface area contributed by atoms with Gasteiger partial charge in [-0.05, 0) is 25.3 Å². The Morgan fingerprint density at radius 2 is 1.85 bits per heavy atom. The normalized spacial score (nSPS) is 10.7. The molecule has 0 unspecified atom stereocenters. The summed E-state index contributed by atoms with van der Waals surface area (Å²) in [7, 11) is 0. The van der Waals surface area contributed by atoms with Gasteiger partial charge in [0, 0.05) is 0 Å². The molecule has 0 saturated carbocycles. The zero-order valence-corrected chi connectivity index (χ0v) is 8.81. The maximum Gasteiger partial charge on any atom is 0.231 e. The Bertz CT molecular complexity index is 131. The van der Waals surface area contributed by atoms with Gasteiger partial charge in [0.05, 0.1) is 6.54 Å². The van der Waals surface area contributed by atoms with Gasteiger partial charge < -0.3 is 11.1 Å². The molecule has 0 saturated heterocycles. The van der Waals surface area contributed by atoms with E-state index in [0.717, 1.165) is 6.54 Å². The average Bonchev–Trinajstić information content (AvgIpc) is 2.04. The fourth-order valence-corrected chi connectivity index (χ4v) is 1.56. The molecule has 3 N–H and O–H groups in total. The van der Waals surface area contributed by atoms with Gasteiger partial charge in [-0.25, -0.2) is 0 Å². The van der Waals surface area contributed by atoms with Gasteiger partial charge in [-0.2, -0.15) is 0 Å². The van der Waals surface area contributed by atoms with Crippen molar-refractivity contribution < 1.29 is 4.79 Å². The van der Waals surface area contributed by atoms with Crippen LogP contribution in [0.1, 0.15) is 39.5 Å². The molecule has 0 aliphatic heterocycles. The summed E-state index contributed by atoms with van der Waals surface area (Å²) in [6, 6.07) is 0. The van der Waals surface area contributed by atoms with Crippen LogP contribution in [0.25, 0.3) is 0 Å². The highest BCUT2D eigenvalue weighted by Crippen LogP contribution is 2.11. The molecule has 13 heavy (non-hydrogen) atoms. The highest BCUT2D eigenvalue weighted by Gasteiger charge is 2.05. The molecule has 3 nitrogen and oxygen atoms in total. The fraction of sp³-hybridized carbons (Fsp3) is 0.900. The van der Waals surface area contributed by atoms with Gasteiger partial charge in [-0.1, -0.05) is 26.7 Å². The molecule has 0 atom stereocenters. The zero-order valence-electron chi connectivity index (χ0n) is 8.81. The van der Waals surface area contributed by atoms with E-state index in [1.54, 1.807) is 0 Å². The molecular weight excluding hydrogens is 164 g/mol. The lowest BCUT2D eigenvalue weighted by Crippen LogP contribution is -2.32. The number of hydrogen-bond donors (Lipinski definition) is 2. The van der Waals surface area contributed by atoms with Crippen LogP contribution in [0.15, 0.2) is 0 Å². The molecule has 1 amide bonds. The molecule has 0 spiro atoms. The molecule has 0 bridgehead atoms. The van der Waals surface area contributed by atoms with Gasteiger partial charge >= 0.3 is 0 Å². The number of nitrogens with two attached hydrogens (primary N) is 1. The maximum absolute atomic E-state index is 10.5. The fourth-order valence-electron chi connectivity index (χ4n) is 1.56. The summed E-state index contributed by atoms with van der Waals surface area (Å²) in [6.07, 6.45) is 4.89. The lowest BCUT2D eigenvalue weighted by molar-refractivity contribution is -0.117. The van der Waals surface area contributed by atoms with Crippen LogP contribution < -0.4 is 11.1 Å². The Morgan fingerprint density at radius 1 is 1.31 bits per heavy atom. The summed E-state index contributed by atoms with van der Waals surface area (Å²) in [6.45, 7) is 5.61. The number of carbonyl (C=O) groups is 1. The van der Waals surface area contributed by atoms with E-state index < -0.39 is 0 Å². The van der Waals surface area contributed by atoms with Crippen LogP contribution in [0.5, 0.6) is 0 Å². The minimum absolute atomic E-state index is 0.272. The maximum atomic E-state index is 10.5. The van der Waals surface area contributed by atoms with E-state index in [2.05, 4.69) is 19.2 Å². The first-order valence-corrected chi connectivity index (χ1v) is 5.19. The van der Waals surface area contributed by atoms with Crippen molar-refractivity contribution in [2.75, 3.05) is 13.1 Å². The molecular formula is C10H22N2O. The van der Waals surface area contributed by atoms with Crippen molar-refractivity contribution >= 4 is 5.91 Å². The molecule has 0 radical (unpaired) electrons. The molecule has 0 fully saturated rings. The Hall–Kier alpha value is -0.570. The predicted molar refractivity (Wildman–Crippen MR) is 55.4 cm³/mol. The van der Waals surface area contributed by atoms with Gasteiger partial charge in [0.1, 0.15) is 0 Å². The molecule has 0 aliphatic rings. The Balaban J connectivity index is 3.49. The number of hydrogen-bond acceptors (Lipinski definition) is 2. The van der Waals surface area contributed by atoms with E-state index in [1.807, 2.05) is 0 Å². The van der Waals surface area contributed by atoms with Crippen LogP contribution in [-0.2, 0) is 4.79 Å². The molecule has 78 valence electrons. The Kier molecular flexibility index (Phi) is 7.69. The number of primary amides is 1. The first-order valence-electron chi connectivity index (χ1n) is 5.19. The Morgan fingerprint density at radius 3 is 2.23 bits per heavy atom. The summed E-state index contributed by atoms with van der Waals surface area (Å²) in [5.41, 5.74) is 5.03. The van der Waals surface area contributed by atoms with Crippen molar-refractivity contribution in [3.8, 4) is 0 Å². The number of nitrogens with one attached hydrogen (secondary N) is 1. The SMILES string of the molecule is CCCC(CCC)CNCC(N)=O. The van der Waals surface area contributed by atoms with Gasteiger partial charge in [-0.15, -0.1) is 0 Å². The van der Waals surface area contributed by atoms with Crippen molar-refractivity contribution in [3.63, 3.8) is 0 Å². The zero-order chi connectivity index (χ0) is 10.1. The van der Waals surface area contributed by atoms with Crippen LogP contribution in [0, 0.1) is 5.92 Å². The first kappa shape index (κ1) is 12.4. The third-order valence-corrected chi connectivity index (χ3v) is 2.13. The van der Waals surface area contributed by atoms with Gasteiger partial charge in [0.15, 0.2) is 0 Å². The smallest absolute Gasteiger partial charge is 0.231 e. The van der Waals surface area contributed by atoms with Crippen molar-refractivity contribution in [2.24, 2.45) is 11.7 Å². The van der Waals surface area contributed by atoms with Crippen LogP contribution in [0.4, 0.5) is 0 Å². The van der Waals surface area contributed by atoms with Crippen molar-refractivity contribution in [1.29, 1.82) is 0 Å². The van der Waals surface area contributed by atoms with Crippen LogP contribution in [0.2, 0.25) is 0 Å². The minimum atomic E-state index is -0.272. The highest BCUT2D eigenvalue weighted by atomic mass is 16.1. The first-order chi connectivity index (χ1) is 6.20. The average molecular weight is 186 g/mol. The third kappa shape index (κ3) is 7.78. The van der Waals surface area contributed by atoms with E-state index in [9.17, 15) is 4.79 Å². The standard InChI is InChI=1S/C10H22N2O/c1-3-5-9(6-4-2)7-12-8-10(11)13/h9,12H,3-8H2,1-2H3,(H2,11,13). The van der Waals surface area contributed by atoms with Crippen LogP contribution >= 0.6 is 0 Å². The van der Waals surface area contributed by atoms with E-state index in [0.29, 0.717) is 12.5 Å². The third-order valence-electron chi connectivity index (χ3n) is 2.13. The summed E-state index contributed by atoms with van der Waals surface area (Å²) in [5, 5.41) is 3.08. The lowest BCUT2D eigenvalue weighted by Gasteiger charge is -2.14. The van der Waals surface area contributed by atoms with Gasteiger partial charge in [0.25, 0.3) is 0 Å². The monoisotopic (exact) mass is 186 g/mol. The number of amides is 1. The quantitative estimate of drug-likeness (QED) is 0.600. The minimum Gasteiger partial charge on any atom is -0.369 e. The van der Waals surface area contributed by atoms with E-state index >= 15 is 0 Å². The Labute approximate surface area is 81.1 Å². The topological polar surface area (TPSA) is 55.1 Å². The second-order valence-electron chi connectivity index (χ2n) is 3.54. The van der Waals surface area contributed by atoms with E-state index in [-0.39, 0.29) is 5.91 Å². The molecule has 0 aromatic carbocycles. The predicted octanol–water partition coefficient (Wildman–Crippen LogP) is 1.28. The van der Waals surface area contributed by atoms with Crippen molar-refractivity contribution in [1.82, 2.24) is 5.32 Å². The summed E-state index contributed by atoms with van der Waals surface area (Å²) >= 11 is 0. The lowest BCUT2D eigenvalue weighted by atomic mass is 9.98. The largest absolute Gasteiger partial charge is 0.369 e. The van der Waals surface area contributed by atoms with Gasteiger partial charge in [-0.3, -0.25) is 4.79 Å². The molecule has 0 heterocycles. The van der Waals surface area contributed by atoms with Crippen LogP contribution in [0.3, 0.4) is 0 Å². The summed E-state index contributed by atoms with van der Waals surface area (Å²) < 4.78 is 0. The van der Waals surface area contributed by atoms with Gasteiger partial charge in [0.2, 0.25) is 5.91 Å². The summed E-state index contributed by atoms with van der Waals surface area (Å²) in [5.74, 6) is 0.432.